The van der Waals surface area contributed by atoms with Crippen molar-refractivity contribution in [1.29, 1.82) is 0 Å². The Morgan fingerprint density at radius 3 is 2.87 bits per heavy atom. The van der Waals surface area contributed by atoms with E-state index in [9.17, 15) is 0 Å². The Labute approximate surface area is 101 Å². The van der Waals surface area contributed by atoms with E-state index >= 15 is 0 Å². The molecular formula is C11H18N2S2. The van der Waals surface area contributed by atoms with Crippen molar-refractivity contribution in [3.63, 3.8) is 0 Å². The van der Waals surface area contributed by atoms with Crippen LogP contribution in [0.1, 0.15) is 18.9 Å². The normalized spacial score (nSPS) is 10.8. The van der Waals surface area contributed by atoms with Crippen LogP contribution in [0.15, 0.2) is 16.8 Å². The molecule has 0 bridgehead atoms. The Hall–Kier alpha value is -0.450. The fourth-order valence-electron chi connectivity index (χ4n) is 1.42. The van der Waals surface area contributed by atoms with Gasteiger partial charge in [-0.15, -0.1) is 0 Å². The van der Waals surface area contributed by atoms with Gasteiger partial charge in [0.15, 0.2) is 0 Å². The minimum Gasteiger partial charge on any atom is -0.393 e. The van der Waals surface area contributed by atoms with Crippen molar-refractivity contribution in [1.82, 2.24) is 4.90 Å². The van der Waals surface area contributed by atoms with Gasteiger partial charge in [0.1, 0.15) is 0 Å². The molecule has 0 radical (unpaired) electrons. The first kappa shape index (κ1) is 12.6. The zero-order valence-corrected chi connectivity index (χ0v) is 10.7. The molecule has 0 aromatic carbocycles. The standard InChI is InChI=1S/C11H18N2S2/c1-2-13(7-4-11(12)14)6-3-10-5-8-15-9-10/h5,8-9H,2-4,6-7H2,1H3,(H2,12,14). The number of nitrogens with two attached hydrogens (primary N) is 1. The van der Waals surface area contributed by atoms with E-state index in [-0.39, 0.29) is 0 Å². The molecule has 1 rings (SSSR count). The molecule has 0 aliphatic heterocycles. The van der Waals surface area contributed by atoms with Gasteiger partial charge in [-0.05, 0) is 35.4 Å². The van der Waals surface area contributed by atoms with Gasteiger partial charge < -0.3 is 10.6 Å². The van der Waals surface area contributed by atoms with Crippen molar-refractivity contribution in [3.05, 3.63) is 22.4 Å². The maximum atomic E-state index is 5.49. The van der Waals surface area contributed by atoms with Crippen LogP contribution < -0.4 is 5.73 Å². The minimum atomic E-state index is 0.615. The molecule has 0 aliphatic carbocycles. The lowest BCUT2D eigenvalue weighted by Gasteiger charge is -2.19. The molecule has 0 saturated carbocycles. The van der Waals surface area contributed by atoms with Crippen molar-refractivity contribution in [2.45, 2.75) is 19.8 Å². The van der Waals surface area contributed by atoms with Crippen molar-refractivity contribution in [2.75, 3.05) is 19.6 Å². The zero-order chi connectivity index (χ0) is 11.1. The molecule has 84 valence electrons. The van der Waals surface area contributed by atoms with Gasteiger partial charge in [-0.1, -0.05) is 19.1 Å². The molecule has 1 aromatic heterocycles. The first-order valence-electron chi connectivity index (χ1n) is 5.24. The summed E-state index contributed by atoms with van der Waals surface area (Å²) in [6.45, 7) is 5.31. The topological polar surface area (TPSA) is 29.3 Å². The molecule has 4 heteroatoms. The van der Waals surface area contributed by atoms with Crippen molar-refractivity contribution < 1.29 is 0 Å². The van der Waals surface area contributed by atoms with Crippen molar-refractivity contribution >= 4 is 28.5 Å². The molecule has 0 saturated heterocycles. The lowest BCUT2D eigenvalue weighted by atomic mass is 10.2. The Bertz CT molecular complexity index is 283. The predicted octanol–water partition coefficient (Wildman–Crippen LogP) is 2.29. The van der Waals surface area contributed by atoms with Gasteiger partial charge in [-0.3, -0.25) is 0 Å². The summed E-state index contributed by atoms with van der Waals surface area (Å²) in [5.74, 6) is 0. The molecule has 0 fully saturated rings. The molecule has 2 N–H and O–H groups in total. The predicted molar refractivity (Wildman–Crippen MR) is 71.5 cm³/mol. The fourth-order valence-corrected chi connectivity index (χ4v) is 2.21. The van der Waals surface area contributed by atoms with Gasteiger partial charge in [0.25, 0.3) is 0 Å². The van der Waals surface area contributed by atoms with E-state index in [1.165, 1.54) is 5.56 Å². The van der Waals surface area contributed by atoms with Gasteiger partial charge in [0, 0.05) is 19.5 Å². The minimum absolute atomic E-state index is 0.615. The van der Waals surface area contributed by atoms with Crippen LogP contribution in [0, 0.1) is 0 Å². The number of thiocarbonyl (C=S) groups is 1. The summed E-state index contributed by atoms with van der Waals surface area (Å²) >= 11 is 6.64. The van der Waals surface area contributed by atoms with Crippen LogP contribution in [0.5, 0.6) is 0 Å². The van der Waals surface area contributed by atoms with Crippen LogP contribution in [0.25, 0.3) is 0 Å². The van der Waals surface area contributed by atoms with E-state index in [2.05, 4.69) is 28.7 Å². The lowest BCUT2D eigenvalue weighted by molar-refractivity contribution is 0.301. The molecule has 0 amide bonds. The summed E-state index contributed by atoms with van der Waals surface area (Å²) < 4.78 is 0. The number of likely N-dealkylation sites (N-methyl/N-ethyl adjacent to an activating group) is 1. The first-order valence-corrected chi connectivity index (χ1v) is 6.59. The van der Waals surface area contributed by atoms with E-state index in [1.54, 1.807) is 11.3 Å². The number of hydrogen-bond donors (Lipinski definition) is 1. The molecule has 0 unspecified atom stereocenters. The third-order valence-corrected chi connectivity index (χ3v) is 3.35. The maximum Gasteiger partial charge on any atom is 0.0740 e. The van der Waals surface area contributed by atoms with E-state index < -0.39 is 0 Å². The molecular weight excluding hydrogens is 224 g/mol. The van der Waals surface area contributed by atoms with E-state index in [1.807, 2.05) is 0 Å². The third kappa shape index (κ3) is 5.25. The molecule has 0 spiro atoms. The highest BCUT2D eigenvalue weighted by Gasteiger charge is 2.03. The number of nitrogens with zero attached hydrogens (tertiary/aromatic N) is 1. The van der Waals surface area contributed by atoms with Crippen molar-refractivity contribution in [2.24, 2.45) is 5.73 Å². The average molecular weight is 242 g/mol. The third-order valence-electron chi connectivity index (χ3n) is 2.42. The monoisotopic (exact) mass is 242 g/mol. The average Bonchev–Trinajstić information content (AvgIpc) is 2.70. The van der Waals surface area contributed by atoms with Gasteiger partial charge in [0.05, 0.1) is 4.99 Å². The lowest BCUT2D eigenvalue weighted by Crippen LogP contribution is -2.29. The number of rotatable bonds is 7. The Morgan fingerprint density at radius 2 is 2.33 bits per heavy atom. The summed E-state index contributed by atoms with van der Waals surface area (Å²) in [6, 6.07) is 2.19. The zero-order valence-electron chi connectivity index (χ0n) is 9.11. The summed E-state index contributed by atoms with van der Waals surface area (Å²) in [7, 11) is 0. The Balaban J connectivity index is 2.24. The highest BCUT2D eigenvalue weighted by Crippen LogP contribution is 2.07. The van der Waals surface area contributed by atoms with Crippen LogP contribution in [0.4, 0.5) is 0 Å². The molecule has 1 heterocycles. The van der Waals surface area contributed by atoms with E-state index in [0.29, 0.717) is 4.99 Å². The van der Waals surface area contributed by atoms with Gasteiger partial charge in [-0.2, -0.15) is 11.3 Å². The smallest absolute Gasteiger partial charge is 0.0740 e. The van der Waals surface area contributed by atoms with Gasteiger partial charge in [0.2, 0.25) is 0 Å². The summed E-state index contributed by atoms with van der Waals surface area (Å²) in [4.78, 5) is 3.00. The molecule has 0 atom stereocenters. The Morgan fingerprint density at radius 1 is 1.53 bits per heavy atom. The first-order chi connectivity index (χ1) is 7.22. The second-order valence-corrected chi connectivity index (χ2v) is 4.84. The largest absolute Gasteiger partial charge is 0.393 e. The van der Waals surface area contributed by atoms with Crippen LogP contribution in [0.3, 0.4) is 0 Å². The number of thiophene rings is 1. The summed E-state index contributed by atoms with van der Waals surface area (Å²) in [6.07, 6.45) is 1.95. The highest BCUT2D eigenvalue weighted by atomic mass is 32.1. The molecule has 0 aliphatic rings. The maximum absolute atomic E-state index is 5.49. The summed E-state index contributed by atoms with van der Waals surface area (Å²) in [5, 5.41) is 4.34. The van der Waals surface area contributed by atoms with Crippen LogP contribution in [-0.2, 0) is 6.42 Å². The highest BCUT2D eigenvalue weighted by molar-refractivity contribution is 7.80. The van der Waals surface area contributed by atoms with E-state index in [0.717, 1.165) is 32.5 Å². The molecule has 15 heavy (non-hydrogen) atoms. The van der Waals surface area contributed by atoms with Crippen LogP contribution >= 0.6 is 23.6 Å². The van der Waals surface area contributed by atoms with Gasteiger partial charge in [-0.25, -0.2) is 0 Å². The SMILES string of the molecule is CCN(CCC(N)=S)CCc1ccsc1. The Kier molecular flexibility index (Phi) is 5.83. The second-order valence-electron chi connectivity index (χ2n) is 3.53. The van der Waals surface area contributed by atoms with Crippen molar-refractivity contribution in [3.8, 4) is 0 Å². The van der Waals surface area contributed by atoms with Crippen LogP contribution in [-0.4, -0.2) is 29.5 Å². The second kappa shape index (κ2) is 6.93. The molecule has 2 nitrogen and oxygen atoms in total. The van der Waals surface area contributed by atoms with E-state index in [4.69, 9.17) is 18.0 Å². The fraction of sp³-hybridized carbons (Fsp3) is 0.545. The number of hydrogen-bond acceptors (Lipinski definition) is 3. The van der Waals surface area contributed by atoms with Gasteiger partial charge >= 0.3 is 0 Å². The quantitative estimate of drug-likeness (QED) is 0.744. The summed E-state index contributed by atoms with van der Waals surface area (Å²) in [5.41, 5.74) is 6.92. The molecule has 1 aromatic rings. The van der Waals surface area contributed by atoms with Crippen LogP contribution in [0.2, 0.25) is 0 Å².